The number of carbonyl (C=O) groups excluding carboxylic acids is 1. The highest BCUT2D eigenvalue weighted by Gasteiger charge is 2.26. The third-order valence-electron chi connectivity index (χ3n) is 6.14. The molecule has 6 nitrogen and oxygen atoms in total. The van der Waals surface area contributed by atoms with Gasteiger partial charge in [-0.15, -0.1) is 0 Å². The molecule has 0 saturated carbocycles. The molecule has 216 valence electrons. The molecule has 0 radical (unpaired) electrons. The molecular formula is C31H54N2O4Si. The summed E-state index contributed by atoms with van der Waals surface area (Å²) in [4.78, 5) is 23.2. The van der Waals surface area contributed by atoms with Crippen molar-refractivity contribution in [3.05, 3.63) is 36.5 Å². The van der Waals surface area contributed by atoms with Crippen LogP contribution >= 0.6 is 0 Å². The molecule has 7 heteroatoms. The van der Waals surface area contributed by atoms with E-state index in [1.165, 1.54) is 12.8 Å². The molecule has 1 rings (SSSR count). The maximum Gasteiger partial charge on any atom is 0.292 e. The van der Waals surface area contributed by atoms with Crippen molar-refractivity contribution >= 4 is 25.7 Å². The lowest BCUT2D eigenvalue weighted by Crippen LogP contribution is -2.28. The number of unbranched alkanes of at least 4 members (excludes halogenated alkanes) is 5. The molecule has 1 aliphatic rings. The van der Waals surface area contributed by atoms with Crippen LogP contribution in [0, 0.1) is 11.8 Å². The predicted molar refractivity (Wildman–Crippen MR) is 163 cm³/mol. The number of allylic oxidation sites excluding steroid dienone is 6. The summed E-state index contributed by atoms with van der Waals surface area (Å²) in [7, 11) is -1.81. The van der Waals surface area contributed by atoms with Crippen LogP contribution in [0.1, 0.15) is 97.8 Å². The van der Waals surface area contributed by atoms with E-state index in [0.717, 1.165) is 69.2 Å². The van der Waals surface area contributed by atoms with Crippen LogP contribution in [0.4, 0.5) is 0 Å². The minimum atomic E-state index is -1.81. The minimum Gasteiger partial charge on any atom is -0.520 e. The normalized spacial score (nSPS) is 19.2. The zero-order chi connectivity index (χ0) is 28.1. The Labute approximate surface area is 233 Å². The monoisotopic (exact) mass is 546 g/mol. The van der Waals surface area contributed by atoms with Gasteiger partial charge in [-0.2, -0.15) is 0 Å². The molecule has 0 spiro atoms. The highest BCUT2D eigenvalue weighted by molar-refractivity contribution is 6.71. The van der Waals surface area contributed by atoms with Crippen LogP contribution in [-0.4, -0.2) is 38.9 Å². The van der Waals surface area contributed by atoms with Gasteiger partial charge in [0.2, 0.25) is 8.32 Å². The number of nitrogens with zero attached hydrogens (tertiary/aromatic N) is 2. The van der Waals surface area contributed by atoms with E-state index in [0.29, 0.717) is 19.6 Å². The van der Waals surface area contributed by atoms with E-state index < -0.39 is 8.32 Å². The fourth-order valence-corrected chi connectivity index (χ4v) is 4.75. The molecule has 0 aliphatic heterocycles. The molecule has 2 atom stereocenters. The van der Waals surface area contributed by atoms with Gasteiger partial charge >= 0.3 is 0 Å². The van der Waals surface area contributed by atoms with Crippen molar-refractivity contribution in [2.45, 2.75) is 117 Å². The molecule has 0 aromatic heterocycles. The average molecular weight is 547 g/mol. The molecule has 0 bridgehead atoms. The van der Waals surface area contributed by atoms with Crippen LogP contribution in [0.5, 0.6) is 0 Å². The fraction of sp³-hybridized carbons (Fsp3) is 0.710. The Kier molecular flexibility index (Phi) is 18.5. The van der Waals surface area contributed by atoms with Gasteiger partial charge in [0.15, 0.2) is 0 Å². The van der Waals surface area contributed by atoms with Crippen LogP contribution in [0.3, 0.4) is 0 Å². The Morgan fingerprint density at radius 1 is 0.921 bits per heavy atom. The Morgan fingerprint density at radius 3 is 2.32 bits per heavy atom. The summed E-state index contributed by atoms with van der Waals surface area (Å²) in [6, 6.07) is 0. The van der Waals surface area contributed by atoms with Crippen molar-refractivity contribution in [1.29, 1.82) is 0 Å². The van der Waals surface area contributed by atoms with Crippen LogP contribution in [0.2, 0.25) is 19.6 Å². The number of rotatable bonds is 21. The third-order valence-corrected chi connectivity index (χ3v) is 6.98. The van der Waals surface area contributed by atoms with Gasteiger partial charge in [0.1, 0.15) is 13.2 Å². The number of hydrogen-bond donors (Lipinski definition) is 0. The molecule has 0 N–H and O–H groups in total. The lowest BCUT2D eigenvalue weighted by atomic mass is 9.90. The van der Waals surface area contributed by atoms with E-state index in [1.54, 1.807) is 0 Å². The van der Waals surface area contributed by atoms with Crippen molar-refractivity contribution < 1.29 is 18.9 Å². The Bertz CT molecular complexity index is 796. The SMILES string of the molecule is CCCCCC(/C=C/[C@H]1C=C/C(=N\OCCCC)[C@@H]1C/C=C\CCCC(=O)O[Si](C)(C)C)=NOCCCC. The van der Waals surface area contributed by atoms with Crippen LogP contribution in [-0.2, 0) is 18.9 Å². The first-order chi connectivity index (χ1) is 18.3. The van der Waals surface area contributed by atoms with E-state index in [2.05, 4.69) is 67.5 Å². The molecular weight excluding hydrogens is 492 g/mol. The summed E-state index contributed by atoms with van der Waals surface area (Å²) in [6.45, 7) is 13.9. The van der Waals surface area contributed by atoms with Crippen molar-refractivity contribution in [2.24, 2.45) is 22.1 Å². The molecule has 0 aromatic rings. The summed E-state index contributed by atoms with van der Waals surface area (Å²) in [6.07, 6.45) is 24.7. The molecule has 0 amide bonds. The Morgan fingerprint density at radius 2 is 1.63 bits per heavy atom. The Hall–Kier alpha value is -2.15. The average Bonchev–Trinajstić information content (AvgIpc) is 3.25. The van der Waals surface area contributed by atoms with Gasteiger partial charge in [-0.3, -0.25) is 4.79 Å². The first-order valence-corrected chi connectivity index (χ1v) is 18.3. The van der Waals surface area contributed by atoms with Gasteiger partial charge in [0.05, 0.1) is 11.4 Å². The standard InChI is InChI=1S/C31H54N2O4Si/c1-7-10-15-18-28(32-35-25-11-8-2)23-21-27-22-24-30(33-36-26-12-9-3)29(27)19-16-13-14-17-20-31(34)37-38(4,5)6/h13,16,21-24,27,29H,7-12,14-15,17-20,25-26H2,1-6H3/b16-13-,23-21+,32-28?,33-30+/t27-,29+/m0/s1. The van der Waals surface area contributed by atoms with Gasteiger partial charge in [0, 0.05) is 18.3 Å². The molecule has 0 unspecified atom stereocenters. The van der Waals surface area contributed by atoms with Gasteiger partial charge in [-0.25, -0.2) is 0 Å². The summed E-state index contributed by atoms with van der Waals surface area (Å²) in [5, 5.41) is 8.91. The largest absolute Gasteiger partial charge is 0.520 e. The maximum atomic E-state index is 12.0. The second-order valence-electron chi connectivity index (χ2n) is 11.0. The van der Waals surface area contributed by atoms with Crippen LogP contribution in [0.25, 0.3) is 0 Å². The highest BCUT2D eigenvalue weighted by atomic mass is 28.4. The lowest BCUT2D eigenvalue weighted by Gasteiger charge is -2.17. The lowest BCUT2D eigenvalue weighted by molar-refractivity contribution is -0.135. The van der Waals surface area contributed by atoms with Crippen molar-refractivity contribution in [2.75, 3.05) is 13.2 Å². The Balaban J connectivity index is 2.79. The van der Waals surface area contributed by atoms with E-state index in [9.17, 15) is 4.79 Å². The number of hydrogen-bond acceptors (Lipinski definition) is 6. The zero-order valence-electron chi connectivity index (χ0n) is 25.0. The minimum absolute atomic E-state index is 0.0727. The van der Waals surface area contributed by atoms with Gasteiger partial charge in [-0.1, -0.05) is 81.1 Å². The van der Waals surface area contributed by atoms with Crippen LogP contribution in [0.15, 0.2) is 46.8 Å². The number of oxime groups is 2. The van der Waals surface area contributed by atoms with Gasteiger partial charge in [0.25, 0.3) is 5.97 Å². The molecule has 0 saturated heterocycles. The summed E-state index contributed by atoms with van der Waals surface area (Å²) < 4.78 is 5.53. The summed E-state index contributed by atoms with van der Waals surface area (Å²) in [5.74, 6) is 0.377. The fourth-order valence-electron chi connectivity index (χ4n) is 3.96. The zero-order valence-corrected chi connectivity index (χ0v) is 26.0. The summed E-state index contributed by atoms with van der Waals surface area (Å²) >= 11 is 0. The van der Waals surface area contributed by atoms with E-state index in [-0.39, 0.29) is 17.8 Å². The van der Waals surface area contributed by atoms with Crippen molar-refractivity contribution in [3.8, 4) is 0 Å². The maximum absolute atomic E-state index is 12.0. The second kappa shape index (κ2) is 20.8. The quantitative estimate of drug-likeness (QED) is 0.0474. The predicted octanol–water partition coefficient (Wildman–Crippen LogP) is 8.77. The van der Waals surface area contributed by atoms with Crippen molar-refractivity contribution in [1.82, 2.24) is 0 Å². The first-order valence-electron chi connectivity index (χ1n) is 14.9. The first kappa shape index (κ1) is 33.9. The van der Waals surface area contributed by atoms with Crippen LogP contribution < -0.4 is 0 Å². The molecule has 0 fully saturated rings. The summed E-state index contributed by atoms with van der Waals surface area (Å²) in [5.41, 5.74) is 2.00. The smallest absolute Gasteiger partial charge is 0.292 e. The van der Waals surface area contributed by atoms with Crippen molar-refractivity contribution in [3.63, 3.8) is 0 Å². The topological polar surface area (TPSA) is 69.5 Å². The number of carbonyl (C=O) groups is 1. The van der Waals surface area contributed by atoms with E-state index in [4.69, 9.17) is 14.1 Å². The third kappa shape index (κ3) is 16.6. The van der Waals surface area contributed by atoms with Gasteiger partial charge in [-0.05, 0) is 76.7 Å². The highest BCUT2D eigenvalue weighted by Crippen LogP contribution is 2.29. The molecule has 0 heterocycles. The molecule has 38 heavy (non-hydrogen) atoms. The molecule has 1 aliphatic carbocycles. The molecule has 0 aromatic carbocycles. The second-order valence-corrected chi connectivity index (χ2v) is 15.4. The van der Waals surface area contributed by atoms with Gasteiger partial charge < -0.3 is 14.1 Å². The van der Waals surface area contributed by atoms with E-state index in [1.807, 2.05) is 19.6 Å². The van der Waals surface area contributed by atoms with E-state index >= 15 is 0 Å².